The van der Waals surface area contributed by atoms with Gasteiger partial charge in [0.15, 0.2) is 6.61 Å². The van der Waals surface area contributed by atoms with Crippen molar-refractivity contribution in [2.45, 2.75) is 19.3 Å². The number of hydrogen-bond acceptors (Lipinski definition) is 7. The Morgan fingerprint density at radius 1 is 1.20 bits per heavy atom. The van der Waals surface area contributed by atoms with E-state index >= 15 is 0 Å². The lowest BCUT2D eigenvalue weighted by Crippen LogP contribution is -2.44. The maximum Gasteiger partial charge on any atom is 0.343 e. The van der Waals surface area contributed by atoms with Crippen LogP contribution in [0.2, 0.25) is 0 Å². The van der Waals surface area contributed by atoms with E-state index in [1.807, 2.05) is 0 Å². The number of rotatable bonds is 6. The van der Waals surface area contributed by atoms with Crippen molar-refractivity contribution in [1.82, 2.24) is 9.80 Å². The molecule has 2 heterocycles. The molecule has 0 saturated carbocycles. The van der Waals surface area contributed by atoms with E-state index in [0.29, 0.717) is 28.9 Å². The van der Waals surface area contributed by atoms with Crippen molar-refractivity contribution >= 4 is 56.8 Å². The van der Waals surface area contributed by atoms with Gasteiger partial charge >= 0.3 is 5.97 Å². The molecule has 30 heavy (non-hydrogen) atoms. The zero-order chi connectivity index (χ0) is 21.7. The Morgan fingerprint density at radius 2 is 1.93 bits per heavy atom. The van der Waals surface area contributed by atoms with Crippen LogP contribution in [0.5, 0.6) is 5.75 Å². The lowest BCUT2D eigenvalue weighted by molar-refractivity contribution is -0.143. The first-order valence-electron chi connectivity index (χ1n) is 9.41. The molecule has 0 spiro atoms. The molecule has 2 fully saturated rings. The minimum absolute atomic E-state index is 0.201. The highest BCUT2D eigenvalue weighted by Crippen LogP contribution is 2.34. The molecule has 0 N–H and O–H groups in total. The Balaban J connectivity index is 1.66. The summed E-state index contributed by atoms with van der Waals surface area (Å²) in [5.74, 6) is -0.734. The molecule has 3 rings (SSSR count). The third kappa shape index (κ3) is 5.42. The summed E-state index contributed by atoms with van der Waals surface area (Å²) in [6.07, 6.45) is 4.57. The van der Waals surface area contributed by atoms with Crippen LogP contribution in [0.3, 0.4) is 0 Å². The highest BCUT2D eigenvalue weighted by atomic mass is 79.9. The molecule has 160 valence electrons. The highest BCUT2D eigenvalue weighted by Gasteiger charge is 2.37. The topological polar surface area (TPSA) is 93.2 Å². The number of amides is 3. The molecule has 2 aliphatic heterocycles. The van der Waals surface area contributed by atoms with Crippen molar-refractivity contribution in [2.24, 2.45) is 0 Å². The Hall–Kier alpha value is -2.33. The molecule has 3 amide bonds. The molecule has 0 unspecified atom stereocenters. The van der Waals surface area contributed by atoms with Gasteiger partial charge in [-0.05, 0) is 70.7 Å². The van der Waals surface area contributed by atoms with Gasteiger partial charge in [-0.15, -0.1) is 0 Å². The Bertz CT molecular complexity index is 897. The smallest absolute Gasteiger partial charge is 0.343 e. The second-order valence-corrected chi connectivity index (χ2v) is 8.61. The number of thioether (sulfide) groups is 1. The quantitative estimate of drug-likeness (QED) is 0.441. The average Bonchev–Trinajstić information content (AvgIpc) is 3.00. The standard InChI is InChI=1S/C20H21BrN2O6S/c1-28-18(25)12-29-15-6-5-13(9-14(15)21)10-16-19(26)23(20(27)30-16)11-17(24)22-7-3-2-4-8-22/h5-6,9-10H,2-4,7-8,11-12H2,1H3/b16-10-. The van der Waals surface area contributed by atoms with Crippen LogP contribution in [0.15, 0.2) is 27.6 Å². The highest BCUT2D eigenvalue weighted by molar-refractivity contribution is 9.10. The summed E-state index contributed by atoms with van der Waals surface area (Å²) in [5, 5.41) is -0.450. The van der Waals surface area contributed by atoms with Crippen molar-refractivity contribution in [3.63, 3.8) is 0 Å². The number of likely N-dealkylation sites (tertiary alicyclic amines) is 1. The molecule has 0 aliphatic carbocycles. The number of hydrogen-bond donors (Lipinski definition) is 0. The van der Waals surface area contributed by atoms with Gasteiger partial charge in [0.25, 0.3) is 11.1 Å². The minimum atomic E-state index is -0.501. The first-order chi connectivity index (χ1) is 14.4. The van der Waals surface area contributed by atoms with E-state index in [4.69, 9.17) is 4.74 Å². The Morgan fingerprint density at radius 3 is 2.60 bits per heavy atom. The van der Waals surface area contributed by atoms with Crippen LogP contribution in [0.1, 0.15) is 24.8 Å². The van der Waals surface area contributed by atoms with Crippen LogP contribution in [-0.4, -0.2) is 66.2 Å². The predicted octanol–water partition coefficient (Wildman–Crippen LogP) is 3.05. The number of carbonyl (C=O) groups is 4. The van der Waals surface area contributed by atoms with E-state index in [-0.39, 0.29) is 24.0 Å². The Kier molecular flexibility index (Phi) is 7.54. The number of benzene rings is 1. The van der Waals surface area contributed by atoms with Gasteiger partial charge in [-0.3, -0.25) is 19.3 Å². The summed E-state index contributed by atoms with van der Waals surface area (Å²) in [7, 11) is 1.27. The number of esters is 1. The second-order valence-electron chi connectivity index (χ2n) is 6.76. The molecule has 10 heteroatoms. The molecule has 1 aromatic carbocycles. The zero-order valence-electron chi connectivity index (χ0n) is 16.4. The lowest BCUT2D eigenvalue weighted by Gasteiger charge is -2.27. The summed E-state index contributed by atoms with van der Waals surface area (Å²) >= 11 is 4.17. The molecule has 0 radical (unpaired) electrons. The van der Waals surface area contributed by atoms with E-state index in [2.05, 4.69) is 20.7 Å². The predicted molar refractivity (Wildman–Crippen MR) is 115 cm³/mol. The van der Waals surface area contributed by atoms with Crippen LogP contribution < -0.4 is 4.74 Å². The zero-order valence-corrected chi connectivity index (χ0v) is 18.8. The van der Waals surface area contributed by atoms with Crippen LogP contribution in [0, 0.1) is 0 Å². The number of halogens is 1. The first kappa shape index (κ1) is 22.4. The number of ether oxygens (including phenoxy) is 2. The van der Waals surface area contributed by atoms with Crippen LogP contribution in [0.4, 0.5) is 4.79 Å². The van der Waals surface area contributed by atoms with E-state index in [1.54, 1.807) is 29.2 Å². The molecule has 8 nitrogen and oxygen atoms in total. The van der Waals surface area contributed by atoms with Crippen LogP contribution in [-0.2, 0) is 19.1 Å². The summed E-state index contributed by atoms with van der Waals surface area (Å²) < 4.78 is 10.5. The van der Waals surface area contributed by atoms with Crippen molar-refractivity contribution in [2.75, 3.05) is 33.4 Å². The molecule has 2 aliphatic rings. The molecule has 1 aromatic rings. The fourth-order valence-electron chi connectivity index (χ4n) is 3.09. The van der Waals surface area contributed by atoms with Crippen molar-refractivity contribution < 1.29 is 28.7 Å². The van der Waals surface area contributed by atoms with Crippen LogP contribution >= 0.6 is 27.7 Å². The summed E-state index contributed by atoms with van der Waals surface area (Å²) in [5.41, 5.74) is 0.667. The van der Waals surface area contributed by atoms with Crippen LogP contribution in [0.25, 0.3) is 6.08 Å². The average molecular weight is 497 g/mol. The maximum absolute atomic E-state index is 12.7. The van der Waals surface area contributed by atoms with Gasteiger partial charge in [-0.1, -0.05) is 6.07 Å². The lowest BCUT2D eigenvalue weighted by atomic mass is 10.1. The summed E-state index contributed by atoms with van der Waals surface area (Å²) in [4.78, 5) is 51.5. The third-order valence-electron chi connectivity index (χ3n) is 4.70. The van der Waals surface area contributed by atoms with E-state index in [9.17, 15) is 19.2 Å². The van der Waals surface area contributed by atoms with Gasteiger partial charge in [0, 0.05) is 13.1 Å². The number of methoxy groups -OCH3 is 1. The molecular weight excluding hydrogens is 476 g/mol. The number of imide groups is 1. The normalized spacial score (nSPS) is 18.1. The van der Waals surface area contributed by atoms with Gasteiger partial charge < -0.3 is 14.4 Å². The van der Waals surface area contributed by atoms with Gasteiger partial charge in [-0.25, -0.2) is 4.79 Å². The summed E-state index contributed by atoms with van der Waals surface area (Å²) in [6.45, 7) is 0.886. The molecule has 0 atom stereocenters. The van der Waals surface area contributed by atoms with E-state index in [1.165, 1.54) is 7.11 Å². The molecule has 2 saturated heterocycles. The summed E-state index contributed by atoms with van der Waals surface area (Å²) in [6, 6.07) is 5.05. The van der Waals surface area contributed by atoms with E-state index < -0.39 is 17.1 Å². The number of carbonyl (C=O) groups excluding carboxylic acids is 4. The number of nitrogens with zero attached hydrogens (tertiary/aromatic N) is 2. The first-order valence-corrected chi connectivity index (χ1v) is 11.0. The van der Waals surface area contributed by atoms with Crippen molar-refractivity contribution in [1.29, 1.82) is 0 Å². The fourth-order valence-corrected chi connectivity index (χ4v) is 4.44. The fraction of sp³-hybridized carbons (Fsp3) is 0.400. The molecular formula is C20H21BrN2O6S. The molecule has 0 aromatic heterocycles. The number of piperidine rings is 1. The van der Waals surface area contributed by atoms with Gasteiger partial charge in [0.1, 0.15) is 12.3 Å². The maximum atomic E-state index is 12.7. The van der Waals surface area contributed by atoms with Gasteiger partial charge in [0.05, 0.1) is 16.5 Å². The monoisotopic (exact) mass is 496 g/mol. The van der Waals surface area contributed by atoms with Crippen molar-refractivity contribution in [3.05, 3.63) is 33.1 Å². The molecule has 0 bridgehead atoms. The minimum Gasteiger partial charge on any atom is -0.481 e. The van der Waals surface area contributed by atoms with Crippen molar-refractivity contribution in [3.8, 4) is 5.75 Å². The largest absolute Gasteiger partial charge is 0.481 e. The van der Waals surface area contributed by atoms with Gasteiger partial charge in [0.2, 0.25) is 5.91 Å². The SMILES string of the molecule is COC(=O)COc1ccc(/C=C2\SC(=O)N(CC(=O)N3CCCCC3)C2=O)cc1Br. The second kappa shape index (κ2) is 10.1. The Labute approximate surface area is 186 Å². The third-order valence-corrected chi connectivity index (χ3v) is 6.23. The van der Waals surface area contributed by atoms with E-state index in [0.717, 1.165) is 35.9 Å². The van der Waals surface area contributed by atoms with Gasteiger partial charge in [-0.2, -0.15) is 0 Å².